The zero-order valence-electron chi connectivity index (χ0n) is 16.3. The number of alkyl halides is 1. The lowest BCUT2D eigenvalue weighted by atomic mass is 9.92. The second-order valence-electron chi connectivity index (χ2n) is 7.07. The highest BCUT2D eigenvalue weighted by Crippen LogP contribution is 2.21. The topological polar surface area (TPSA) is 26.3 Å². The van der Waals surface area contributed by atoms with Gasteiger partial charge in [0.25, 0.3) is 0 Å². The van der Waals surface area contributed by atoms with Crippen LogP contribution < -0.4 is 0 Å². The lowest BCUT2D eigenvalue weighted by molar-refractivity contribution is -0.144. The van der Waals surface area contributed by atoms with E-state index in [1.54, 1.807) is 0 Å². The van der Waals surface area contributed by atoms with Crippen LogP contribution in [0.15, 0.2) is 0 Å². The van der Waals surface area contributed by atoms with Gasteiger partial charge in [0.15, 0.2) is 0 Å². The molecule has 0 aromatic rings. The first-order valence-corrected chi connectivity index (χ1v) is 11.6. The summed E-state index contributed by atoms with van der Waals surface area (Å²) in [7, 11) is 0. The zero-order chi connectivity index (χ0) is 17.9. The number of halogens is 1. The number of carbonyl (C=O) groups is 1. The number of hydrogen-bond donors (Lipinski definition) is 0. The van der Waals surface area contributed by atoms with Gasteiger partial charge in [-0.05, 0) is 25.2 Å². The van der Waals surface area contributed by atoms with Gasteiger partial charge in [0, 0.05) is 11.8 Å². The molecule has 3 heteroatoms. The van der Waals surface area contributed by atoms with Gasteiger partial charge in [-0.3, -0.25) is 4.79 Å². The maximum atomic E-state index is 11.8. The molecule has 144 valence electrons. The number of unbranched alkanes of at least 4 members (excludes halogenated alkanes) is 8. The Morgan fingerprint density at radius 2 is 1.38 bits per heavy atom. The van der Waals surface area contributed by atoms with Crippen molar-refractivity contribution in [1.82, 2.24) is 0 Å². The minimum Gasteiger partial charge on any atom is -0.466 e. The molecule has 0 aliphatic carbocycles. The Balaban J connectivity index is 3.84. The third-order valence-electron chi connectivity index (χ3n) is 4.74. The first kappa shape index (κ1) is 23.9. The monoisotopic (exact) mass is 404 g/mol. The lowest BCUT2D eigenvalue weighted by Gasteiger charge is -2.17. The molecule has 0 bridgehead atoms. The number of hydrogen-bond acceptors (Lipinski definition) is 2. The van der Waals surface area contributed by atoms with Crippen LogP contribution in [0.1, 0.15) is 110 Å². The van der Waals surface area contributed by atoms with E-state index in [1.807, 2.05) is 0 Å². The molecule has 0 atom stereocenters. The maximum Gasteiger partial charge on any atom is 0.305 e. The van der Waals surface area contributed by atoms with Gasteiger partial charge in [0.1, 0.15) is 0 Å². The summed E-state index contributed by atoms with van der Waals surface area (Å²) in [5.74, 6) is 0.750. The Bertz CT molecular complexity index is 257. The van der Waals surface area contributed by atoms with Crippen LogP contribution in [-0.2, 0) is 9.53 Å². The molecule has 0 aliphatic heterocycles. The zero-order valence-corrected chi connectivity index (χ0v) is 17.9. The molecule has 0 aromatic carbocycles. The lowest BCUT2D eigenvalue weighted by Crippen LogP contribution is -2.10. The van der Waals surface area contributed by atoms with Crippen LogP contribution >= 0.6 is 15.9 Å². The third kappa shape index (κ3) is 16.8. The summed E-state index contributed by atoms with van der Waals surface area (Å²) >= 11 is 3.42. The number of carbonyl (C=O) groups excluding carboxylic acids is 1. The molecule has 0 amide bonds. The molecule has 0 N–H and O–H groups in total. The summed E-state index contributed by atoms with van der Waals surface area (Å²) in [6.07, 6.45) is 18.2. The van der Waals surface area contributed by atoms with E-state index in [1.165, 1.54) is 64.2 Å². The van der Waals surface area contributed by atoms with Gasteiger partial charge in [-0.25, -0.2) is 0 Å². The average molecular weight is 405 g/mol. The fourth-order valence-electron chi connectivity index (χ4n) is 3.10. The molecule has 2 nitrogen and oxygen atoms in total. The Labute approximate surface area is 159 Å². The van der Waals surface area contributed by atoms with E-state index >= 15 is 0 Å². The maximum absolute atomic E-state index is 11.8. The largest absolute Gasteiger partial charge is 0.466 e. The summed E-state index contributed by atoms with van der Waals surface area (Å²) in [5, 5.41) is 1.03. The second-order valence-corrected chi connectivity index (χ2v) is 7.87. The van der Waals surface area contributed by atoms with Crippen LogP contribution in [-0.4, -0.2) is 17.9 Å². The van der Waals surface area contributed by atoms with Crippen molar-refractivity contribution in [3.05, 3.63) is 0 Å². The van der Waals surface area contributed by atoms with Gasteiger partial charge >= 0.3 is 5.97 Å². The molecular formula is C21H41BrO2. The summed E-state index contributed by atoms with van der Waals surface area (Å²) in [5.41, 5.74) is 0. The minimum absolute atomic E-state index is 0.000267. The average Bonchev–Trinajstić information content (AvgIpc) is 2.58. The van der Waals surface area contributed by atoms with Crippen LogP contribution in [0.5, 0.6) is 0 Å². The first-order chi connectivity index (χ1) is 11.7. The van der Waals surface area contributed by atoms with Crippen molar-refractivity contribution in [1.29, 1.82) is 0 Å². The summed E-state index contributed by atoms with van der Waals surface area (Å²) in [6, 6.07) is 0. The smallest absolute Gasteiger partial charge is 0.305 e. The fraction of sp³-hybridized carbons (Fsp3) is 0.952. The van der Waals surface area contributed by atoms with Crippen molar-refractivity contribution in [2.24, 2.45) is 5.92 Å². The van der Waals surface area contributed by atoms with E-state index in [4.69, 9.17) is 4.74 Å². The highest BCUT2D eigenvalue weighted by molar-refractivity contribution is 9.09. The van der Waals surface area contributed by atoms with Crippen molar-refractivity contribution >= 4 is 21.9 Å². The van der Waals surface area contributed by atoms with Crippen LogP contribution in [0.4, 0.5) is 0 Å². The summed E-state index contributed by atoms with van der Waals surface area (Å²) < 4.78 is 5.46. The standard InChI is InChI=1S/C21H41BrO2/c1-3-5-7-10-14-20(15-11-8-6-4-2)17-19-24-21(23)16-12-9-13-18-22/h20H,3-19H2,1-2H3. The molecular weight excluding hydrogens is 364 g/mol. The predicted molar refractivity (Wildman–Crippen MR) is 109 cm³/mol. The van der Waals surface area contributed by atoms with Crippen molar-refractivity contribution < 1.29 is 9.53 Å². The number of esters is 1. The second kappa shape index (κ2) is 19.3. The van der Waals surface area contributed by atoms with E-state index in [2.05, 4.69) is 29.8 Å². The summed E-state index contributed by atoms with van der Waals surface area (Å²) in [6.45, 7) is 5.16. The summed E-state index contributed by atoms with van der Waals surface area (Å²) in [4.78, 5) is 11.8. The number of ether oxygens (including phenoxy) is 1. The van der Waals surface area contributed by atoms with E-state index in [9.17, 15) is 4.79 Å². The van der Waals surface area contributed by atoms with Gasteiger partial charge in [-0.2, -0.15) is 0 Å². The van der Waals surface area contributed by atoms with Crippen LogP contribution in [0.2, 0.25) is 0 Å². The molecule has 24 heavy (non-hydrogen) atoms. The molecule has 0 spiro atoms. The molecule has 0 radical (unpaired) electrons. The quantitative estimate of drug-likeness (QED) is 0.135. The molecule has 0 aliphatic rings. The predicted octanol–water partition coefficient (Wildman–Crippen LogP) is 7.43. The van der Waals surface area contributed by atoms with Crippen molar-refractivity contribution in [2.75, 3.05) is 11.9 Å². The van der Waals surface area contributed by atoms with Crippen molar-refractivity contribution in [3.8, 4) is 0 Å². The van der Waals surface area contributed by atoms with Gasteiger partial charge in [0.05, 0.1) is 6.61 Å². The third-order valence-corrected chi connectivity index (χ3v) is 5.30. The van der Waals surface area contributed by atoms with E-state index < -0.39 is 0 Å². The molecule has 0 aromatic heterocycles. The molecule has 0 rings (SSSR count). The van der Waals surface area contributed by atoms with E-state index in [0.29, 0.717) is 13.0 Å². The normalized spacial score (nSPS) is 11.2. The van der Waals surface area contributed by atoms with Crippen molar-refractivity contribution in [3.63, 3.8) is 0 Å². The molecule has 0 fully saturated rings. The van der Waals surface area contributed by atoms with Crippen LogP contribution in [0, 0.1) is 5.92 Å². The van der Waals surface area contributed by atoms with Gasteiger partial charge in [-0.1, -0.05) is 100 Å². The van der Waals surface area contributed by atoms with Crippen LogP contribution in [0.25, 0.3) is 0 Å². The highest BCUT2D eigenvalue weighted by Gasteiger charge is 2.10. The molecule has 0 heterocycles. The Morgan fingerprint density at radius 3 is 1.92 bits per heavy atom. The first-order valence-electron chi connectivity index (χ1n) is 10.5. The Morgan fingerprint density at radius 1 is 0.792 bits per heavy atom. The Kier molecular flexibility index (Phi) is 19.2. The van der Waals surface area contributed by atoms with Crippen LogP contribution in [0.3, 0.4) is 0 Å². The van der Waals surface area contributed by atoms with Gasteiger partial charge in [-0.15, -0.1) is 0 Å². The minimum atomic E-state index is 0.000267. The Hall–Kier alpha value is -0.0500. The van der Waals surface area contributed by atoms with E-state index in [-0.39, 0.29) is 5.97 Å². The van der Waals surface area contributed by atoms with Gasteiger partial charge in [0.2, 0.25) is 0 Å². The molecule has 0 saturated heterocycles. The fourth-order valence-corrected chi connectivity index (χ4v) is 3.50. The highest BCUT2D eigenvalue weighted by atomic mass is 79.9. The molecule has 0 unspecified atom stereocenters. The number of rotatable bonds is 18. The van der Waals surface area contributed by atoms with E-state index in [0.717, 1.165) is 36.9 Å². The van der Waals surface area contributed by atoms with Gasteiger partial charge < -0.3 is 4.74 Å². The van der Waals surface area contributed by atoms with Crippen molar-refractivity contribution in [2.45, 2.75) is 110 Å². The molecule has 0 saturated carbocycles. The SMILES string of the molecule is CCCCCCC(CCCCCC)CCOC(=O)CCCCCBr.